The summed E-state index contributed by atoms with van der Waals surface area (Å²) >= 11 is 5.84. The molecule has 0 fully saturated rings. The van der Waals surface area contributed by atoms with Gasteiger partial charge in [-0.25, -0.2) is 0 Å². The summed E-state index contributed by atoms with van der Waals surface area (Å²) in [5.74, 6) is 5.90. The molecule has 0 heterocycles. The lowest BCUT2D eigenvalue weighted by Crippen LogP contribution is -1.95. The molecule has 1 nitrogen and oxygen atoms in total. The second kappa shape index (κ2) is 5.05. The summed E-state index contributed by atoms with van der Waals surface area (Å²) in [5, 5.41) is 9.72. The summed E-state index contributed by atoms with van der Waals surface area (Å²) in [6.07, 6.45) is 0.119. The van der Waals surface area contributed by atoms with Gasteiger partial charge in [-0.3, -0.25) is 0 Å². The molecular weight excluding hydrogens is 196 g/mol. The molecule has 0 saturated heterocycles. The van der Waals surface area contributed by atoms with E-state index in [2.05, 4.69) is 11.8 Å². The maximum absolute atomic E-state index is 9.03. The van der Waals surface area contributed by atoms with Crippen LogP contribution in [0.5, 0.6) is 0 Å². The van der Waals surface area contributed by atoms with Gasteiger partial charge in [0.2, 0.25) is 0 Å². The summed E-state index contributed by atoms with van der Waals surface area (Å²) in [5.41, 5.74) is 2.03. The normalized spacial score (nSPS) is 11.7. The van der Waals surface area contributed by atoms with E-state index in [0.29, 0.717) is 11.4 Å². The maximum Gasteiger partial charge on any atom is 0.0621 e. The van der Waals surface area contributed by atoms with E-state index in [1.54, 1.807) is 6.92 Å². The van der Waals surface area contributed by atoms with Crippen molar-refractivity contribution in [2.24, 2.45) is 0 Å². The molecule has 74 valence electrons. The van der Waals surface area contributed by atoms with Crippen molar-refractivity contribution in [3.63, 3.8) is 0 Å². The van der Waals surface area contributed by atoms with Gasteiger partial charge in [0, 0.05) is 17.0 Å². The van der Waals surface area contributed by atoms with E-state index >= 15 is 0 Å². The maximum atomic E-state index is 9.03. The van der Waals surface area contributed by atoms with Crippen molar-refractivity contribution < 1.29 is 5.11 Å². The van der Waals surface area contributed by atoms with Crippen LogP contribution >= 0.6 is 11.6 Å². The first-order valence-corrected chi connectivity index (χ1v) is 4.90. The molecule has 0 bridgehead atoms. The molecule has 14 heavy (non-hydrogen) atoms. The predicted octanol–water partition coefficient (Wildman–Crippen LogP) is 2.77. The summed E-state index contributed by atoms with van der Waals surface area (Å²) < 4.78 is 0. The Labute approximate surface area is 89.7 Å². The zero-order valence-electron chi connectivity index (χ0n) is 8.34. The second-order valence-corrected chi connectivity index (χ2v) is 3.75. The molecule has 2 heteroatoms. The van der Waals surface area contributed by atoms with Gasteiger partial charge in [0.25, 0.3) is 0 Å². The van der Waals surface area contributed by atoms with Crippen LogP contribution in [0.15, 0.2) is 18.2 Å². The first-order chi connectivity index (χ1) is 6.59. The average Bonchev–Trinajstić information content (AvgIpc) is 2.10. The molecule has 1 rings (SSSR count). The van der Waals surface area contributed by atoms with Gasteiger partial charge in [0.1, 0.15) is 0 Å². The van der Waals surface area contributed by atoms with E-state index in [0.717, 1.165) is 11.1 Å². The lowest BCUT2D eigenvalue weighted by molar-refractivity contribution is 0.201. The highest BCUT2D eigenvalue weighted by Gasteiger charge is 1.95. The predicted molar refractivity (Wildman–Crippen MR) is 59.4 cm³/mol. The van der Waals surface area contributed by atoms with E-state index in [1.807, 2.05) is 25.1 Å². The molecule has 0 aromatic heterocycles. The number of aliphatic hydroxyl groups excluding tert-OH is 1. The third-order valence-electron chi connectivity index (χ3n) is 1.82. The number of aryl methyl sites for hydroxylation is 1. The molecule has 0 spiro atoms. The van der Waals surface area contributed by atoms with Crippen molar-refractivity contribution in [1.82, 2.24) is 0 Å². The highest BCUT2D eigenvalue weighted by atomic mass is 35.5. The minimum absolute atomic E-state index is 0.373. The van der Waals surface area contributed by atoms with E-state index in [1.165, 1.54) is 0 Å². The second-order valence-electron chi connectivity index (χ2n) is 3.31. The number of aliphatic hydroxyl groups is 1. The molecular formula is C12H13ClO. The largest absolute Gasteiger partial charge is 0.392 e. The fraction of sp³-hybridized carbons (Fsp3) is 0.333. The monoisotopic (exact) mass is 208 g/mol. The zero-order valence-corrected chi connectivity index (χ0v) is 9.10. The Bertz CT molecular complexity index is 372. The van der Waals surface area contributed by atoms with E-state index in [9.17, 15) is 0 Å². The van der Waals surface area contributed by atoms with Crippen LogP contribution in [-0.4, -0.2) is 11.2 Å². The van der Waals surface area contributed by atoms with Crippen LogP contribution < -0.4 is 0 Å². The minimum Gasteiger partial charge on any atom is -0.392 e. The van der Waals surface area contributed by atoms with Gasteiger partial charge in [0.05, 0.1) is 6.10 Å². The van der Waals surface area contributed by atoms with Gasteiger partial charge in [-0.15, -0.1) is 0 Å². The lowest BCUT2D eigenvalue weighted by Gasteiger charge is -1.98. The minimum atomic E-state index is -0.373. The Morgan fingerprint density at radius 3 is 2.86 bits per heavy atom. The number of rotatable bonds is 1. The Balaban J connectivity index is 2.83. The highest BCUT2D eigenvalue weighted by Crippen LogP contribution is 2.14. The number of benzene rings is 1. The molecule has 0 aliphatic heterocycles. The fourth-order valence-electron chi connectivity index (χ4n) is 1.02. The third-order valence-corrected chi connectivity index (χ3v) is 2.06. The third kappa shape index (κ3) is 3.41. The SMILES string of the molecule is Cc1ccc(Cl)cc1C#CCC(C)O. The van der Waals surface area contributed by atoms with Crippen molar-refractivity contribution in [3.05, 3.63) is 34.3 Å². The molecule has 1 atom stereocenters. The Morgan fingerprint density at radius 2 is 2.21 bits per heavy atom. The molecule has 0 amide bonds. The molecule has 1 unspecified atom stereocenters. The van der Waals surface area contributed by atoms with E-state index < -0.39 is 0 Å². The molecule has 0 aliphatic rings. The summed E-state index contributed by atoms with van der Waals surface area (Å²) in [4.78, 5) is 0. The Morgan fingerprint density at radius 1 is 1.50 bits per heavy atom. The first kappa shape index (κ1) is 11.1. The van der Waals surface area contributed by atoms with Crippen LogP contribution in [0.25, 0.3) is 0 Å². The first-order valence-electron chi connectivity index (χ1n) is 4.52. The molecule has 0 radical (unpaired) electrons. The van der Waals surface area contributed by atoms with Gasteiger partial charge >= 0.3 is 0 Å². The Kier molecular flexibility index (Phi) is 4.00. The summed E-state index contributed by atoms with van der Waals surface area (Å²) in [7, 11) is 0. The van der Waals surface area contributed by atoms with Gasteiger partial charge in [0.15, 0.2) is 0 Å². The molecule has 1 N–H and O–H groups in total. The Hall–Kier alpha value is -0.970. The van der Waals surface area contributed by atoms with Crippen LogP contribution in [-0.2, 0) is 0 Å². The van der Waals surface area contributed by atoms with Crippen molar-refractivity contribution in [2.75, 3.05) is 0 Å². The summed E-state index contributed by atoms with van der Waals surface area (Å²) in [6.45, 7) is 3.71. The summed E-state index contributed by atoms with van der Waals surface area (Å²) in [6, 6.07) is 5.62. The van der Waals surface area contributed by atoms with Crippen molar-refractivity contribution in [2.45, 2.75) is 26.4 Å². The van der Waals surface area contributed by atoms with Crippen molar-refractivity contribution in [3.8, 4) is 11.8 Å². The standard InChI is InChI=1S/C12H13ClO/c1-9-6-7-12(13)8-11(9)5-3-4-10(2)14/h6-8,10,14H,4H2,1-2H3. The number of hydrogen-bond acceptors (Lipinski definition) is 1. The van der Waals surface area contributed by atoms with Gasteiger partial charge in [-0.05, 0) is 31.5 Å². The van der Waals surface area contributed by atoms with E-state index in [4.69, 9.17) is 16.7 Å². The van der Waals surface area contributed by atoms with Crippen LogP contribution in [0, 0.1) is 18.8 Å². The smallest absolute Gasteiger partial charge is 0.0621 e. The van der Waals surface area contributed by atoms with Crippen LogP contribution in [0.1, 0.15) is 24.5 Å². The topological polar surface area (TPSA) is 20.2 Å². The van der Waals surface area contributed by atoms with Gasteiger partial charge < -0.3 is 5.11 Å². The van der Waals surface area contributed by atoms with Gasteiger partial charge in [-0.1, -0.05) is 29.5 Å². The molecule has 1 aromatic rings. The zero-order chi connectivity index (χ0) is 10.6. The molecule has 0 saturated carbocycles. The highest BCUT2D eigenvalue weighted by molar-refractivity contribution is 6.30. The van der Waals surface area contributed by atoms with Crippen molar-refractivity contribution >= 4 is 11.6 Å². The van der Waals surface area contributed by atoms with Gasteiger partial charge in [-0.2, -0.15) is 0 Å². The van der Waals surface area contributed by atoms with Crippen LogP contribution in [0.4, 0.5) is 0 Å². The lowest BCUT2D eigenvalue weighted by atomic mass is 10.1. The van der Waals surface area contributed by atoms with Crippen LogP contribution in [0.2, 0.25) is 5.02 Å². The molecule has 0 aliphatic carbocycles. The van der Waals surface area contributed by atoms with Crippen LogP contribution in [0.3, 0.4) is 0 Å². The number of hydrogen-bond donors (Lipinski definition) is 1. The average molecular weight is 209 g/mol. The van der Waals surface area contributed by atoms with E-state index in [-0.39, 0.29) is 6.10 Å². The molecule has 1 aromatic carbocycles. The van der Waals surface area contributed by atoms with Crippen molar-refractivity contribution in [1.29, 1.82) is 0 Å². The quantitative estimate of drug-likeness (QED) is 0.704. The fourth-order valence-corrected chi connectivity index (χ4v) is 1.19. The number of halogens is 1.